The molecule has 108 valence electrons. The lowest BCUT2D eigenvalue weighted by atomic mass is 10.2. The van der Waals surface area contributed by atoms with Crippen molar-refractivity contribution in [3.8, 4) is 5.75 Å². The molecule has 0 N–H and O–H groups in total. The molecule has 1 aromatic carbocycles. The van der Waals surface area contributed by atoms with Gasteiger partial charge in [-0.3, -0.25) is 9.69 Å². The third-order valence-corrected chi connectivity index (χ3v) is 4.63. The highest BCUT2D eigenvalue weighted by Gasteiger charge is 2.31. The molecule has 0 saturated carbocycles. The Morgan fingerprint density at radius 1 is 1.24 bits per heavy atom. The number of ether oxygens (including phenoxy) is 1. The Morgan fingerprint density at radius 3 is 2.71 bits per heavy atom. The molecule has 4 nitrogen and oxygen atoms in total. The van der Waals surface area contributed by atoms with Gasteiger partial charge < -0.3 is 4.74 Å². The number of rotatable bonds is 3. The van der Waals surface area contributed by atoms with Gasteiger partial charge in [0.05, 0.1) is 7.11 Å². The minimum absolute atomic E-state index is 0.0351. The first-order chi connectivity index (χ1) is 10.3. The predicted octanol–water partition coefficient (Wildman–Crippen LogP) is 3.26. The summed E-state index contributed by atoms with van der Waals surface area (Å²) in [7, 11) is 1.65. The zero-order valence-corrected chi connectivity index (χ0v) is 12.5. The maximum absolute atomic E-state index is 12.3. The molecular formula is C16H16N2O2S. The summed E-state index contributed by atoms with van der Waals surface area (Å²) in [5.74, 6) is 2.47. The van der Waals surface area contributed by atoms with E-state index in [2.05, 4.69) is 4.98 Å². The lowest BCUT2D eigenvalue weighted by Gasteiger charge is -2.34. The van der Waals surface area contributed by atoms with Gasteiger partial charge in [0.15, 0.2) is 0 Å². The minimum atomic E-state index is -0.0351. The fraction of sp³-hybridized carbons (Fsp3) is 0.250. The summed E-state index contributed by atoms with van der Waals surface area (Å²) in [5.41, 5.74) is 1.08. The number of methoxy groups -OCH3 is 1. The van der Waals surface area contributed by atoms with E-state index < -0.39 is 0 Å². The standard InChI is InChI=1S/C16H16N2O2S/c1-20-13-7-5-12(6-8-13)16-18(15(19)9-11-21-16)14-4-2-3-10-17-14/h2-8,10,16H,9,11H2,1H3. The summed E-state index contributed by atoms with van der Waals surface area (Å²) in [6, 6.07) is 13.5. The molecule has 1 unspecified atom stereocenters. The van der Waals surface area contributed by atoms with Crippen LogP contribution in [0.25, 0.3) is 0 Å². The first kappa shape index (κ1) is 13.9. The average molecular weight is 300 g/mol. The molecule has 2 heterocycles. The minimum Gasteiger partial charge on any atom is -0.497 e. The molecule has 3 rings (SSSR count). The molecule has 1 atom stereocenters. The summed E-state index contributed by atoms with van der Waals surface area (Å²) in [6.45, 7) is 0. The number of carbonyl (C=O) groups is 1. The Labute approximate surface area is 128 Å². The summed E-state index contributed by atoms with van der Waals surface area (Å²) >= 11 is 1.76. The lowest BCUT2D eigenvalue weighted by molar-refractivity contribution is -0.118. The van der Waals surface area contributed by atoms with Crippen LogP contribution in [0.5, 0.6) is 5.75 Å². The highest BCUT2D eigenvalue weighted by atomic mass is 32.2. The van der Waals surface area contributed by atoms with Crippen molar-refractivity contribution in [2.24, 2.45) is 0 Å². The second-order valence-electron chi connectivity index (χ2n) is 4.70. The van der Waals surface area contributed by atoms with Gasteiger partial charge in [-0.2, -0.15) is 0 Å². The normalized spacial score (nSPS) is 18.6. The quantitative estimate of drug-likeness (QED) is 0.872. The molecule has 1 saturated heterocycles. The average Bonchev–Trinajstić information content (AvgIpc) is 2.55. The van der Waals surface area contributed by atoms with E-state index >= 15 is 0 Å². The van der Waals surface area contributed by atoms with Gasteiger partial charge in [-0.15, -0.1) is 11.8 Å². The molecule has 0 aliphatic carbocycles. The van der Waals surface area contributed by atoms with Crippen LogP contribution >= 0.6 is 11.8 Å². The smallest absolute Gasteiger partial charge is 0.230 e. The molecule has 1 aromatic heterocycles. The van der Waals surface area contributed by atoms with Crippen LogP contribution in [0.15, 0.2) is 48.7 Å². The largest absolute Gasteiger partial charge is 0.497 e. The van der Waals surface area contributed by atoms with E-state index in [1.807, 2.05) is 42.5 Å². The summed E-state index contributed by atoms with van der Waals surface area (Å²) < 4.78 is 5.19. The van der Waals surface area contributed by atoms with Gasteiger partial charge in [-0.05, 0) is 29.8 Å². The molecule has 21 heavy (non-hydrogen) atoms. The van der Waals surface area contributed by atoms with Crippen LogP contribution in [0.1, 0.15) is 17.4 Å². The van der Waals surface area contributed by atoms with Crippen molar-refractivity contribution < 1.29 is 9.53 Å². The number of amides is 1. The number of aromatic nitrogens is 1. The van der Waals surface area contributed by atoms with Crippen LogP contribution in [0.4, 0.5) is 5.82 Å². The Morgan fingerprint density at radius 2 is 2.05 bits per heavy atom. The van der Waals surface area contributed by atoms with Crippen molar-refractivity contribution >= 4 is 23.5 Å². The van der Waals surface area contributed by atoms with Crippen LogP contribution in [0.3, 0.4) is 0 Å². The summed E-state index contributed by atoms with van der Waals surface area (Å²) in [4.78, 5) is 18.5. The number of pyridine rings is 1. The van der Waals surface area contributed by atoms with Crippen LogP contribution in [0.2, 0.25) is 0 Å². The van der Waals surface area contributed by atoms with E-state index in [1.165, 1.54) is 0 Å². The van der Waals surface area contributed by atoms with Gasteiger partial charge in [0.25, 0.3) is 0 Å². The lowest BCUT2D eigenvalue weighted by Crippen LogP contribution is -2.37. The van der Waals surface area contributed by atoms with Crippen molar-refractivity contribution in [2.45, 2.75) is 11.8 Å². The molecule has 0 bridgehead atoms. The van der Waals surface area contributed by atoms with E-state index in [9.17, 15) is 4.79 Å². The summed E-state index contributed by atoms with van der Waals surface area (Å²) in [6.07, 6.45) is 2.26. The topological polar surface area (TPSA) is 42.4 Å². The molecule has 1 aliphatic rings. The van der Waals surface area contributed by atoms with Crippen LogP contribution in [-0.4, -0.2) is 23.8 Å². The maximum Gasteiger partial charge on any atom is 0.230 e. The van der Waals surface area contributed by atoms with Crippen molar-refractivity contribution in [1.29, 1.82) is 0 Å². The number of nitrogens with zero attached hydrogens (tertiary/aromatic N) is 2. The van der Waals surface area contributed by atoms with Crippen LogP contribution < -0.4 is 9.64 Å². The fourth-order valence-corrected chi connectivity index (χ4v) is 3.58. The second-order valence-corrected chi connectivity index (χ2v) is 5.89. The van der Waals surface area contributed by atoms with E-state index in [1.54, 1.807) is 30.0 Å². The van der Waals surface area contributed by atoms with Gasteiger partial charge in [-0.25, -0.2) is 4.98 Å². The fourth-order valence-electron chi connectivity index (χ4n) is 2.34. The third-order valence-electron chi connectivity index (χ3n) is 3.39. The van der Waals surface area contributed by atoms with Crippen LogP contribution in [-0.2, 0) is 4.79 Å². The highest BCUT2D eigenvalue weighted by molar-refractivity contribution is 7.99. The predicted molar refractivity (Wildman–Crippen MR) is 84.5 cm³/mol. The Bertz CT molecular complexity index is 616. The number of thioether (sulfide) groups is 1. The molecule has 2 aromatic rings. The molecule has 0 radical (unpaired) electrons. The van der Waals surface area contributed by atoms with Gasteiger partial charge in [0.1, 0.15) is 16.9 Å². The van der Waals surface area contributed by atoms with Gasteiger partial charge >= 0.3 is 0 Å². The van der Waals surface area contributed by atoms with Crippen molar-refractivity contribution in [2.75, 3.05) is 17.8 Å². The van der Waals surface area contributed by atoms with Crippen LogP contribution in [0, 0.1) is 0 Å². The zero-order valence-electron chi connectivity index (χ0n) is 11.7. The Hall–Kier alpha value is -2.01. The number of hydrogen-bond donors (Lipinski definition) is 0. The van der Waals surface area contributed by atoms with Crippen molar-refractivity contribution in [3.05, 3.63) is 54.2 Å². The second kappa shape index (κ2) is 6.18. The molecule has 1 fully saturated rings. The van der Waals surface area contributed by atoms with E-state index in [4.69, 9.17) is 4.74 Å². The van der Waals surface area contributed by atoms with E-state index in [0.717, 1.165) is 17.1 Å². The molecule has 5 heteroatoms. The molecule has 0 spiro atoms. The first-order valence-corrected chi connectivity index (χ1v) is 7.83. The SMILES string of the molecule is COc1ccc(C2SCCC(=O)N2c2ccccn2)cc1. The molecule has 1 amide bonds. The van der Waals surface area contributed by atoms with E-state index in [0.29, 0.717) is 12.2 Å². The zero-order chi connectivity index (χ0) is 14.7. The highest BCUT2D eigenvalue weighted by Crippen LogP contribution is 2.39. The maximum atomic E-state index is 12.3. The monoisotopic (exact) mass is 300 g/mol. The number of benzene rings is 1. The van der Waals surface area contributed by atoms with Crippen molar-refractivity contribution in [1.82, 2.24) is 4.98 Å². The summed E-state index contributed by atoms with van der Waals surface area (Å²) in [5, 5.41) is -0.0351. The number of carbonyl (C=O) groups excluding carboxylic acids is 1. The van der Waals surface area contributed by atoms with Gasteiger partial charge in [0.2, 0.25) is 5.91 Å². The third kappa shape index (κ3) is 2.88. The van der Waals surface area contributed by atoms with Crippen molar-refractivity contribution in [3.63, 3.8) is 0 Å². The Balaban J connectivity index is 1.95. The van der Waals surface area contributed by atoms with Gasteiger partial charge in [-0.1, -0.05) is 18.2 Å². The molecular weight excluding hydrogens is 284 g/mol. The van der Waals surface area contributed by atoms with Gasteiger partial charge in [0, 0.05) is 18.4 Å². The number of hydrogen-bond acceptors (Lipinski definition) is 4. The van der Waals surface area contributed by atoms with E-state index in [-0.39, 0.29) is 11.3 Å². The Kier molecular flexibility index (Phi) is 4.10. The number of anilines is 1. The first-order valence-electron chi connectivity index (χ1n) is 6.78. The molecule has 1 aliphatic heterocycles.